The number of carbonyl (C=O) groups excluding carboxylic acids is 2. The summed E-state index contributed by atoms with van der Waals surface area (Å²) in [5.74, 6) is 0.171. The summed E-state index contributed by atoms with van der Waals surface area (Å²) in [6, 6.07) is 0.335. The summed E-state index contributed by atoms with van der Waals surface area (Å²) in [6.07, 6.45) is 11.5. The number of hydrogen-bond acceptors (Lipinski definition) is 3. The van der Waals surface area contributed by atoms with E-state index in [1.165, 1.54) is 38.5 Å². The average Bonchev–Trinajstić information content (AvgIpc) is 3.16. The van der Waals surface area contributed by atoms with Crippen LogP contribution in [0, 0.1) is 11.8 Å². The average molecular weight is 336 g/mol. The molecule has 2 aliphatic carbocycles. The monoisotopic (exact) mass is 336 g/mol. The Morgan fingerprint density at radius 2 is 1.71 bits per heavy atom. The Bertz CT molecular complexity index is 440. The maximum Gasteiger partial charge on any atom is 0.225 e. The molecular weight excluding hydrogens is 304 g/mol. The van der Waals surface area contributed by atoms with E-state index in [0.29, 0.717) is 31.5 Å². The first-order valence-corrected chi connectivity index (χ1v) is 9.90. The first-order valence-electron chi connectivity index (χ1n) is 9.90. The predicted octanol–water partition coefficient (Wildman–Crippen LogP) is 2.22. The van der Waals surface area contributed by atoms with E-state index in [1.807, 2.05) is 4.90 Å². The molecule has 2 atom stereocenters. The number of amides is 2. The molecule has 0 unspecified atom stereocenters. The lowest BCUT2D eigenvalue weighted by Gasteiger charge is -2.27. The minimum atomic E-state index is -0.438. The van der Waals surface area contributed by atoms with Gasteiger partial charge in [0.15, 0.2) is 0 Å². The molecule has 0 radical (unpaired) electrons. The number of aliphatic hydroxyl groups is 1. The van der Waals surface area contributed by atoms with Gasteiger partial charge >= 0.3 is 0 Å². The maximum absolute atomic E-state index is 12.4. The summed E-state index contributed by atoms with van der Waals surface area (Å²) in [4.78, 5) is 26.7. The fourth-order valence-corrected chi connectivity index (χ4v) is 4.69. The second kappa shape index (κ2) is 8.32. The highest BCUT2D eigenvalue weighted by molar-refractivity contribution is 5.89. The quantitative estimate of drug-likeness (QED) is 0.757. The fourth-order valence-electron chi connectivity index (χ4n) is 4.69. The van der Waals surface area contributed by atoms with Gasteiger partial charge in [0.2, 0.25) is 11.8 Å². The third-order valence-corrected chi connectivity index (χ3v) is 6.22. The van der Waals surface area contributed by atoms with Crippen molar-refractivity contribution in [2.24, 2.45) is 11.8 Å². The van der Waals surface area contributed by atoms with E-state index in [4.69, 9.17) is 0 Å². The van der Waals surface area contributed by atoms with Crippen molar-refractivity contribution in [3.63, 3.8) is 0 Å². The van der Waals surface area contributed by atoms with Crippen molar-refractivity contribution in [1.29, 1.82) is 0 Å². The molecule has 5 heteroatoms. The second-order valence-corrected chi connectivity index (χ2v) is 7.95. The Balaban J connectivity index is 1.46. The number of hydrogen-bond donors (Lipinski definition) is 2. The van der Waals surface area contributed by atoms with E-state index in [1.54, 1.807) is 0 Å². The van der Waals surface area contributed by atoms with Crippen LogP contribution in [0.5, 0.6) is 0 Å². The van der Waals surface area contributed by atoms with Crippen molar-refractivity contribution in [2.75, 3.05) is 13.1 Å². The van der Waals surface area contributed by atoms with Gasteiger partial charge in [-0.2, -0.15) is 0 Å². The number of rotatable bonds is 5. The molecule has 3 rings (SSSR count). The molecule has 1 heterocycles. The van der Waals surface area contributed by atoms with Crippen molar-refractivity contribution >= 4 is 11.8 Å². The van der Waals surface area contributed by atoms with Crippen LogP contribution in [0.4, 0.5) is 0 Å². The zero-order valence-electron chi connectivity index (χ0n) is 14.7. The molecule has 0 aromatic rings. The molecule has 136 valence electrons. The van der Waals surface area contributed by atoms with Gasteiger partial charge < -0.3 is 15.3 Å². The van der Waals surface area contributed by atoms with Crippen molar-refractivity contribution in [1.82, 2.24) is 10.2 Å². The van der Waals surface area contributed by atoms with Gasteiger partial charge in [0.25, 0.3) is 0 Å². The molecule has 1 saturated heterocycles. The summed E-state index contributed by atoms with van der Waals surface area (Å²) in [5, 5.41) is 13.1. The summed E-state index contributed by atoms with van der Waals surface area (Å²) < 4.78 is 0. The first-order chi connectivity index (χ1) is 11.6. The minimum Gasteiger partial charge on any atom is -0.391 e. The maximum atomic E-state index is 12.4. The molecule has 24 heavy (non-hydrogen) atoms. The molecule has 5 nitrogen and oxygen atoms in total. The molecule has 3 aliphatic rings. The molecule has 0 bridgehead atoms. The Morgan fingerprint density at radius 3 is 2.38 bits per heavy atom. The van der Waals surface area contributed by atoms with Gasteiger partial charge in [-0.15, -0.1) is 0 Å². The van der Waals surface area contributed by atoms with Crippen LogP contribution in [-0.4, -0.2) is 47.1 Å². The lowest BCUT2D eigenvalue weighted by molar-refractivity contribution is -0.130. The van der Waals surface area contributed by atoms with Gasteiger partial charge in [0, 0.05) is 25.6 Å². The topological polar surface area (TPSA) is 69.6 Å². The summed E-state index contributed by atoms with van der Waals surface area (Å²) >= 11 is 0. The Hall–Kier alpha value is -1.10. The van der Waals surface area contributed by atoms with Gasteiger partial charge in [-0.25, -0.2) is 0 Å². The van der Waals surface area contributed by atoms with Crippen LogP contribution < -0.4 is 5.32 Å². The van der Waals surface area contributed by atoms with E-state index < -0.39 is 6.10 Å². The molecule has 3 fully saturated rings. The lowest BCUT2D eigenvalue weighted by Crippen LogP contribution is -2.40. The van der Waals surface area contributed by atoms with Crippen molar-refractivity contribution in [3.05, 3.63) is 0 Å². The van der Waals surface area contributed by atoms with E-state index >= 15 is 0 Å². The van der Waals surface area contributed by atoms with Crippen LogP contribution in [0.2, 0.25) is 0 Å². The molecule has 2 amide bonds. The summed E-state index contributed by atoms with van der Waals surface area (Å²) in [6.45, 7) is 0.895. The van der Waals surface area contributed by atoms with Gasteiger partial charge in [0.1, 0.15) is 0 Å². The third-order valence-electron chi connectivity index (χ3n) is 6.22. The number of likely N-dealkylation sites (tertiary alicyclic amines) is 1. The first kappa shape index (κ1) is 17.7. The van der Waals surface area contributed by atoms with Crippen LogP contribution in [0.15, 0.2) is 0 Å². The minimum absolute atomic E-state index is 0.0588. The molecule has 1 aliphatic heterocycles. The van der Waals surface area contributed by atoms with Gasteiger partial charge in [-0.3, -0.25) is 9.59 Å². The fraction of sp³-hybridized carbons (Fsp3) is 0.895. The zero-order valence-corrected chi connectivity index (χ0v) is 14.7. The number of nitrogens with one attached hydrogen (secondary N) is 1. The third kappa shape index (κ3) is 4.29. The van der Waals surface area contributed by atoms with Crippen molar-refractivity contribution in [2.45, 2.75) is 82.8 Å². The normalized spacial score (nSPS) is 28.1. The molecule has 0 aromatic carbocycles. The summed E-state index contributed by atoms with van der Waals surface area (Å²) in [5.41, 5.74) is 0. The molecule has 0 aromatic heterocycles. The smallest absolute Gasteiger partial charge is 0.225 e. The molecule has 0 spiro atoms. The van der Waals surface area contributed by atoms with Gasteiger partial charge in [-0.05, 0) is 31.6 Å². The highest BCUT2D eigenvalue weighted by Crippen LogP contribution is 2.29. The van der Waals surface area contributed by atoms with Gasteiger partial charge in [-0.1, -0.05) is 38.5 Å². The van der Waals surface area contributed by atoms with E-state index in [2.05, 4.69) is 5.32 Å². The largest absolute Gasteiger partial charge is 0.391 e. The van der Waals surface area contributed by atoms with Crippen molar-refractivity contribution in [3.8, 4) is 0 Å². The van der Waals surface area contributed by atoms with Crippen LogP contribution in [0.3, 0.4) is 0 Å². The second-order valence-electron chi connectivity index (χ2n) is 7.95. The Labute approximate surface area is 145 Å². The van der Waals surface area contributed by atoms with E-state index in [0.717, 1.165) is 25.7 Å². The predicted molar refractivity (Wildman–Crippen MR) is 92.3 cm³/mol. The molecular formula is C19H32N2O3. The highest BCUT2D eigenvalue weighted by Gasteiger charge is 2.38. The van der Waals surface area contributed by atoms with Gasteiger partial charge in [0.05, 0.1) is 12.0 Å². The van der Waals surface area contributed by atoms with E-state index in [9.17, 15) is 14.7 Å². The Morgan fingerprint density at radius 1 is 1.08 bits per heavy atom. The van der Waals surface area contributed by atoms with Crippen molar-refractivity contribution < 1.29 is 14.7 Å². The SMILES string of the molecule is O=C(NC[C@H](O)C1CCCC1)[C@@H]1CC(=O)N(C2CCCCCC2)C1. The van der Waals surface area contributed by atoms with Crippen LogP contribution >= 0.6 is 0 Å². The zero-order chi connectivity index (χ0) is 16.9. The number of nitrogens with zero attached hydrogens (tertiary/aromatic N) is 1. The lowest BCUT2D eigenvalue weighted by atomic mass is 10.0. The van der Waals surface area contributed by atoms with Crippen LogP contribution in [-0.2, 0) is 9.59 Å². The van der Waals surface area contributed by atoms with Crippen LogP contribution in [0.1, 0.15) is 70.6 Å². The van der Waals surface area contributed by atoms with E-state index in [-0.39, 0.29) is 17.7 Å². The number of carbonyl (C=O) groups is 2. The molecule has 2 saturated carbocycles. The van der Waals surface area contributed by atoms with Crippen LogP contribution in [0.25, 0.3) is 0 Å². The Kier molecular flexibility index (Phi) is 6.14. The molecule has 2 N–H and O–H groups in total. The summed E-state index contributed by atoms with van der Waals surface area (Å²) in [7, 11) is 0. The highest BCUT2D eigenvalue weighted by atomic mass is 16.3. The number of aliphatic hydroxyl groups excluding tert-OH is 1. The standard InChI is InChI=1S/C19H32N2O3/c22-17(14-7-5-6-8-14)12-20-19(24)15-11-18(23)21(13-15)16-9-3-1-2-4-10-16/h14-17,22H,1-13H2,(H,20,24)/t15-,17+/m1/s1.